The molecule has 0 unspecified atom stereocenters. The summed E-state index contributed by atoms with van der Waals surface area (Å²) in [5, 5.41) is 0. The van der Waals surface area contributed by atoms with E-state index >= 15 is 0 Å². The third-order valence-corrected chi connectivity index (χ3v) is 4.06. The Kier molecular flexibility index (Phi) is 4.36. The number of H-pyrrole nitrogens is 1. The number of nitrogens with zero attached hydrogens (tertiary/aromatic N) is 3. The van der Waals surface area contributed by atoms with Gasteiger partial charge in [-0.1, -0.05) is 12.1 Å². The largest absolute Gasteiger partial charge is 0.342 e. The second-order valence-corrected chi connectivity index (χ2v) is 5.55. The molecule has 7 nitrogen and oxygen atoms in total. The third-order valence-electron chi connectivity index (χ3n) is 4.06. The fraction of sp³-hybridized carbons (Fsp3) is 0.375. The Morgan fingerprint density at radius 3 is 2.70 bits per heavy atom. The molecule has 0 atom stereocenters. The summed E-state index contributed by atoms with van der Waals surface area (Å²) in [4.78, 5) is 45.4. The predicted molar refractivity (Wildman–Crippen MR) is 84.9 cm³/mol. The number of nitrogens with one attached hydrogen (secondary N) is 1. The molecule has 1 saturated heterocycles. The zero-order chi connectivity index (χ0) is 16.2. The van der Waals surface area contributed by atoms with E-state index in [0.717, 1.165) is 6.41 Å². The first kappa shape index (κ1) is 15.2. The number of benzene rings is 1. The second-order valence-electron chi connectivity index (χ2n) is 5.55. The van der Waals surface area contributed by atoms with Crippen molar-refractivity contribution in [2.24, 2.45) is 0 Å². The van der Waals surface area contributed by atoms with Crippen LogP contribution in [0.25, 0.3) is 11.0 Å². The third kappa shape index (κ3) is 3.39. The van der Waals surface area contributed by atoms with Gasteiger partial charge in [0, 0.05) is 39.0 Å². The topological polar surface area (TPSA) is 86.4 Å². The number of aryl methyl sites for hydroxylation is 1. The van der Waals surface area contributed by atoms with E-state index in [2.05, 4.69) is 9.97 Å². The molecule has 3 rings (SSSR count). The lowest BCUT2D eigenvalue weighted by Gasteiger charge is -2.32. The number of aromatic nitrogens is 2. The molecular formula is C16H18N4O3. The van der Waals surface area contributed by atoms with Crippen LogP contribution in [-0.4, -0.2) is 58.3 Å². The van der Waals surface area contributed by atoms with Crippen LogP contribution in [0, 0.1) is 0 Å². The van der Waals surface area contributed by atoms with Crippen molar-refractivity contribution >= 4 is 23.4 Å². The van der Waals surface area contributed by atoms with Gasteiger partial charge in [0.15, 0.2) is 0 Å². The van der Waals surface area contributed by atoms with Crippen molar-refractivity contribution in [1.29, 1.82) is 0 Å². The molecule has 0 radical (unpaired) electrons. The first-order chi connectivity index (χ1) is 11.2. The monoisotopic (exact) mass is 314 g/mol. The Bertz CT molecular complexity index is 778. The van der Waals surface area contributed by atoms with Crippen molar-refractivity contribution in [3.05, 3.63) is 40.3 Å². The summed E-state index contributed by atoms with van der Waals surface area (Å²) in [6.45, 7) is 2.20. The lowest BCUT2D eigenvalue weighted by Crippen LogP contribution is -2.48. The number of piperazine rings is 1. The van der Waals surface area contributed by atoms with E-state index in [1.165, 1.54) is 0 Å². The van der Waals surface area contributed by atoms with Gasteiger partial charge in [0.05, 0.1) is 11.0 Å². The number of para-hydroxylation sites is 2. The van der Waals surface area contributed by atoms with Gasteiger partial charge in [-0.15, -0.1) is 0 Å². The van der Waals surface area contributed by atoms with E-state index in [0.29, 0.717) is 49.3 Å². The molecule has 0 bridgehead atoms. The van der Waals surface area contributed by atoms with Gasteiger partial charge in [0.25, 0.3) is 5.56 Å². The normalized spacial score (nSPS) is 15.0. The molecule has 23 heavy (non-hydrogen) atoms. The highest BCUT2D eigenvalue weighted by atomic mass is 16.2. The maximum atomic E-state index is 12.2. The first-order valence-electron chi connectivity index (χ1n) is 7.62. The minimum Gasteiger partial charge on any atom is -0.342 e. The minimum absolute atomic E-state index is 0.00934. The number of amides is 2. The number of hydrogen-bond acceptors (Lipinski definition) is 4. The molecule has 0 saturated carbocycles. The van der Waals surface area contributed by atoms with E-state index < -0.39 is 0 Å². The van der Waals surface area contributed by atoms with Gasteiger partial charge in [-0.25, -0.2) is 4.98 Å². The molecule has 0 aliphatic carbocycles. The van der Waals surface area contributed by atoms with E-state index in [1.807, 2.05) is 18.2 Å². The lowest BCUT2D eigenvalue weighted by molar-refractivity contribution is -0.135. The van der Waals surface area contributed by atoms with Crippen molar-refractivity contribution in [3.8, 4) is 0 Å². The standard InChI is InChI=1S/C16H18N4O3/c21-11-19-7-9-20(10-8-19)15(22)6-5-14-16(23)18-13-4-2-1-3-12(13)17-14/h1-4,11H,5-10H2,(H,18,23). The van der Waals surface area contributed by atoms with Crippen LogP contribution in [0.3, 0.4) is 0 Å². The number of hydrogen-bond donors (Lipinski definition) is 1. The zero-order valence-corrected chi connectivity index (χ0v) is 12.7. The highest BCUT2D eigenvalue weighted by Gasteiger charge is 2.20. The molecule has 1 N–H and O–H groups in total. The van der Waals surface area contributed by atoms with Gasteiger partial charge >= 0.3 is 0 Å². The van der Waals surface area contributed by atoms with E-state index in [4.69, 9.17) is 0 Å². The maximum Gasteiger partial charge on any atom is 0.270 e. The van der Waals surface area contributed by atoms with Gasteiger partial charge in [-0.2, -0.15) is 0 Å². The van der Waals surface area contributed by atoms with Crippen LogP contribution in [0.4, 0.5) is 0 Å². The zero-order valence-electron chi connectivity index (χ0n) is 12.7. The minimum atomic E-state index is -0.248. The summed E-state index contributed by atoms with van der Waals surface area (Å²) in [7, 11) is 0. The number of fused-ring (bicyclic) bond motifs is 1. The van der Waals surface area contributed by atoms with Crippen LogP contribution in [0.5, 0.6) is 0 Å². The van der Waals surface area contributed by atoms with Crippen LogP contribution in [-0.2, 0) is 16.0 Å². The van der Waals surface area contributed by atoms with Crippen molar-refractivity contribution in [2.45, 2.75) is 12.8 Å². The fourth-order valence-corrected chi connectivity index (χ4v) is 2.70. The Morgan fingerprint density at radius 2 is 1.96 bits per heavy atom. The van der Waals surface area contributed by atoms with E-state index in [-0.39, 0.29) is 17.9 Å². The molecule has 2 aromatic rings. The predicted octanol–water partition coefficient (Wildman–Crippen LogP) is 0.156. The van der Waals surface area contributed by atoms with E-state index in [1.54, 1.807) is 15.9 Å². The van der Waals surface area contributed by atoms with Crippen molar-refractivity contribution in [3.63, 3.8) is 0 Å². The van der Waals surface area contributed by atoms with Gasteiger partial charge < -0.3 is 14.8 Å². The quantitative estimate of drug-likeness (QED) is 0.814. The molecule has 2 heterocycles. The Balaban J connectivity index is 1.64. The molecule has 1 aromatic heterocycles. The van der Waals surface area contributed by atoms with Crippen LogP contribution >= 0.6 is 0 Å². The van der Waals surface area contributed by atoms with Gasteiger partial charge in [-0.3, -0.25) is 14.4 Å². The maximum absolute atomic E-state index is 12.2. The molecule has 2 amide bonds. The van der Waals surface area contributed by atoms with Crippen molar-refractivity contribution < 1.29 is 9.59 Å². The molecule has 7 heteroatoms. The smallest absolute Gasteiger partial charge is 0.270 e. The molecule has 120 valence electrons. The van der Waals surface area contributed by atoms with Crippen molar-refractivity contribution in [1.82, 2.24) is 19.8 Å². The number of rotatable bonds is 4. The number of carbonyl (C=O) groups excluding carboxylic acids is 2. The van der Waals surface area contributed by atoms with Gasteiger partial charge in [0.1, 0.15) is 5.69 Å². The van der Waals surface area contributed by atoms with E-state index in [9.17, 15) is 14.4 Å². The molecule has 0 spiro atoms. The van der Waals surface area contributed by atoms with Crippen molar-refractivity contribution in [2.75, 3.05) is 26.2 Å². The summed E-state index contributed by atoms with van der Waals surface area (Å²) in [6, 6.07) is 7.32. The Labute approximate surface area is 132 Å². The molecular weight excluding hydrogens is 296 g/mol. The highest BCUT2D eigenvalue weighted by molar-refractivity contribution is 5.77. The first-order valence-corrected chi connectivity index (χ1v) is 7.62. The van der Waals surface area contributed by atoms with Crippen LogP contribution in [0.1, 0.15) is 12.1 Å². The number of carbonyl (C=O) groups is 2. The Morgan fingerprint density at radius 1 is 1.22 bits per heavy atom. The van der Waals surface area contributed by atoms with Crippen LogP contribution in [0.2, 0.25) is 0 Å². The number of aromatic amines is 1. The molecule has 1 fully saturated rings. The highest BCUT2D eigenvalue weighted by Crippen LogP contribution is 2.08. The van der Waals surface area contributed by atoms with Crippen LogP contribution in [0.15, 0.2) is 29.1 Å². The molecule has 1 aromatic carbocycles. The average Bonchev–Trinajstić information content (AvgIpc) is 2.59. The SMILES string of the molecule is O=CN1CCN(C(=O)CCc2nc3ccccc3[nH]c2=O)CC1. The summed E-state index contributed by atoms with van der Waals surface area (Å²) in [5.41, 5.74) is 1.54. The average molecular weight is 314 g/mol. The van der Waals surface area contributed by atoms with Gasteiger partial charge in [0.2, 0.25) is 12.3 Å². The van der Waals surface area contributed by atoms with Crippen LogP contribution < -0.4 is 5.56 Å². The van der Waals surface area contributed by atoms with Gasteiger partial charge in [-0.05, 0) is 12.1 Å². The summed E-state index contributed by atoms with van der Waals surface area (Å²) in [6.07, 6.45) is 1.36. The Hall–Kier alpha value is -2.70. The summed E-state index contributed by atoms with van der Waals surface area (Å²) >= 11 is 0. The molecule has 1 aliphatic heterocycles. The second kappa shape index (κ2) is 6.60. The lowest BCUT2D eigenvalue weighted by atomic mass is 10.2. The summed E-state index contributed by atoms with van der Waals surface area (Å²) in [5.74, 6) is -0.00934. The fourth-order valence-electron chi connectivity index (χ4n) is 2.70. The summed E-state index contributed by atoms with van der Waals surface area (Å²) < 4.78 is 0. The molecule has 1 aliphatic rings.